The minimum atomic E-state index is -0.109. The molecule has 0 aromatic carbocycles. The van der Waals surface area contributed by atoms with Crippen molar-refractivity contribution in [3.63, 3.8) is 0 Å². The second-order valence-corrected chi connectivity index (χ2v) is 7.70. The van der Waals surface area contributed by atoms with Crippen molar-refractivity contribution in [3.8, 4) is 0 Å². The summed E-state index contributed by atoms with van der Waals surface area (Å²) in [5, 5.41) is 0. The van der Waals surface area contributed by atoms with E-state index < -0.39 is 0 Å². The zero-order valence-electron chi connectivity index (χ0n) is 19.4. The number of carbonyl (C=O) groups excluding carboxylic acids is 1. The first-order chi connectivity index (χ1) is 14.3. The van der Waals surface area contributed by atoms with Gasteiger partial charge in [0.1, 0.15) is 0 Å². The van der Waals surface area contributed by atoms with E-state index in [9.17, 15) is 4.79 Å². The molecule has 0 bridgehead atoms. The Morgan fingerprint density at radius 1 is 0.483 bits per heavy atom. The largest absolute Gasteiger partial charge is 0.466 e. The Bertz CT molecular complexity index is 322. The summed E-state index contributed by atoms with van der Waals surface area (Å²) in [6, 6.07) is 0. The molecule has 0 unspecified atom stereocenters. The van der Waals surface area contributed by atoms with E-state index in [1.54, 1.807) is 0 Å². The molecule has 0 heterocycles. The zero-order valence-corrected chi connectivity index (χ0v) is 19.4. The van der Waals surface area contributed by atoms with Crippen LogP contribution in [0.2, 0.25) is 0 Å². The monoisotopic (exact) mass is 416 g/mol. The normalized spacial score (nSPS) is 11.1. The van der Waals surface area contributed by atoms with Crippen LogP contribution < -0.4 is 0 Å². The molecule has 0 amide bonds. The highest BCUT2D eigenvalue weighted by molar-refractivity contribution is 5.69. The van der Waals surface area contributed by atoms with Crippen LogP contribution in [0.25, 0.3) is 0 Å². The highest BCUT2D eigenvalue weighted by Gasteiger charge is 2.02. The van der Waals surface area contributed by atoms with Crippen molar-refractivity contribution in [1.29, 1.82) is 0 Å². The van der Waals surface area contributed by atoms with E-state index in [1.807, 2.05) is 0 Å². The van der Waals surface area contributed by atoms with E-state index in [1.165, 1.54) is 57.8 Å². The Morgan fingerprint density at radius 2 is 0.897 bits per heavy atom. The van der Waals surface area contributed by atoms with Gasteiger partial charge in [0.05, 0.1) is 33.0 Å². The molecule has 0 aliphatic heterocycles. The van der Waals surface area contributed by atoms with Gasteiger partial charge in [0, 0.05) is 19.6 Å². The van der Waals surface area contributed by atoms with Crippen LogP contribution in [0.5, 0.6) is 0 Å². The third kappa shape index (κ3) is 25.3. The summed E-state index contributed by atoms with van der Waals surface area (Å²) >= 11 is 0. The van der Waals surface area contributed by atoms with Gasteiger partial charge in [0.2, 0.25) is 0 Å². The molecule has 0 spiro atoms. The lowest BCUT2D eigenvalue weighted by Gasteiger charge is -2.07. The van der Waals surface area contributed by atoms with E-state index in [0.717, 1.165) is 25.9 Å². The Kier molecular flexibility index (Phi) is 24.8. The number of hydrogen-bond donors (Lipinski definition) is 0. The van der Waals surface area contributed by atoms with Crippen molar-refractivity contribution < 1.29 is 23.7 Å². The second-order valence-electron chi connectivity index (χ2n) is 7.70. The number of esters is 1. The van der Waals surface area contributed by atoms with E-state index in [4.69, 9.17) is 18.9 Å². The minimum absolute atomic E-state index is 0.109. The van der Waals surface area contributed by atoms with Gasteiger partial charge < -0.3 is 18.9 Å². The predicted molar refractivity (Wildman–Crippen MR) is 119 cm³/mol. The van der Waals surface area contributed by atoms with Crippen LogP contribution in [-0.4, -0.2) is 52.2 Å². The average molecular weight is 417 g/mol. The molecule has 0 aliphatic rings. The average Bonchev–Trinajstić information content (AvgIpc) is 2.72. The fourth-order valence-corrected chi connectivity index (χ4v) is 2.99. The first-order valence-corrected chi connectivity index (χ1v) is 12.2. The van der Waals surface area contributed by atoms with Gasteiger partial charge in [0.15, 0.2) is 0 Å². The summed E-state index contributed by atoms with van der Waals surface area (Å²) in [5.74, 6) is -0.109. The number of ether oxygens (including phenoxy) is 4. The zero-order chi connectivity index (χ0) is 21.3. The van der Waals surface area contributed by atoms with Gasteiger partial charge in [-0.15, -0.1) is 0 Å². The van der Waals surface area contributed by atoms with Gasteiger partial charge in [-0.3, -0.25) is 4.79 Å². The molecule has 29 heavy (non-hydrogen) atoms. The molecular formula is C24H48O5. The maximum atomic E-state index is 11.6. The molecule has 5 heteroatoms. The number of carbonyl (C=O) groups is 1. The molecule has 5 nitrogen and oxygen atoms in total. The summed E-state index contributed by atoms with van der Waals surface area (Å²) in [4.78, 5) is 11.6. The van der Waals surface area contributed by atoms with Crippen LogP contribution in [0.3, 0.4) is 0 Å². The van der Waals surface area contributed by atoms with Crippen molar-refractivity contribution in [2.45, 2.75) is 104 Å². The molecule has 0 radical (unpaired) electrons. The number of unbranched alkanes of at least 4 members (excludes halogenated alkanes) is 10. The lowest BCUT2D eigenvalue weighted by Crippen LogP contribution is -2.11. The molecule has 0 rings (SSSR count). The molecule has 0 atom stereocenters. The molecule has 0 saturated heterocycles. The summed E-state index contributed by atoms with van der Waals surface area (Å²) in [5.41, 5.74) is 0. The van der Waals surface area contributed by atoms with Gasteiger partial charge in [0.25, 0.3) is 0 Å². The molecule has 0 fully saturated rings. The molecular weight excluding hydrogens is 368 g/mol. The van der Waals surface area contributed by atoms with Gasteiger partial charge in [-0.2, -0.15) is 0 Å². The highest BCUT2D eigenvalue weighted by atomic mass is 16.5. The van der Waals surface area contributed by atoms with Gasteiger partial charge in [-0.05, 0) is 19.3 Å². The van der Waals surface area contributed by atoms with Crippen LogP contribution in [-0.2, 0) is 23.7 Å². The maximum absolute atomic E-state index is 11.6. The lowest BCUT2D eigenvalue weighted by atomic mass is 10.1. The van der Waals surface area contributed by atoms with E-state index >= 15 is 0 Å². The van der Waals surface area contributed by atoms with E-state index in [2.05, 4.69) is 13.8 Å². The van der Waals surface area contributed by atoms with Crippen LogP contribution >= 0.6 is 0 Å². The van der Waals surface area contributed by atoms with Crippen LogP contribution in [0.1, 0.15) is 104 Å². The summed E-state index contributed by atoms with van der Waals surface area (Å²) in [7, 11) is 0. The fraction of sp³-hybridized carbons (Fsp3) is 0.958. The Labute approximate surface area is 180 Å². The third-order valence-electron chi connectivity index (χ3n) is 4.82. The molecule has 0 aliphatic carbocycles. The van der Waals surface area contributed by atoms with Crippen molar-refractivity contribution in [3.05, 3.63) is 0 Å². The molecule has 0 saturated carbocycles. The molecule has 174 valence electrons. The van der Waals surface area contributed by atoms with Crippen molar-refractivity contribution in [2.75, 3.05) is 46.2 Å². The van der Waals surface area contributed by atoms with Crippen molar-refractivity contribution >= 4 is 5.97 Å². The smallest absolute Gasteiger partial charge is 0.305 e. The van der Waals surface area contributed by atoms with E-state index in [0.29, 0.717) is 52.5 Å². The van der Waals surface area contributed by atoms with Gasteiger partial charge in [-0.25, -0.2) is 0 Å². The summed E-state index contributed by atoms with van der Waals surface area (Å²) in [6.45, 7) is 8.82. The Morgan fingerprint density at radius 3 is 1.45 bits per heavy atom. The topological polar surface area (TPSA) is 54.0 Å². The van der Waals surface area contributed by atoms with Crippen LogP contribution in [0, 0.1) is 0 Å². The van der Waals surface area contributed by atoms with E-state index in [-0.39, 0.29) is 5.97 Å². The Balaban J connectivity index is 3.12. The van der Waals surface area contributed by atoms with Gasteiger partial charge in [-0.1, -0.05) is 78.1 Å². The molecule has 0 N–H and O–H groups in total. The summed E-state index contributed by atoms with van der Waals surface area (Å²) < 4.78 is 21.7. The minimum Gasteiger partial charge on any atom is -0.466 e. The lowest BCUT2D eigenvalue weighted by molar-refractivity contribution is -0.144. The first kappa shape index (κ1) is 28.4. The number of hydrogen-bond acceptors (Lipinski definition) is 5. The third-order valence-corrected chi connectivity index (χ3v) is 4.82. The summed E-state index contributed by atoms with van der Waals surface area (Å²) in [6.07, 6.45) is 16.1. The number of rotatable bonds is 24. The van der Waals surface area contributed by atoms with Gasteiger partial charge >= 0.3 is 5.97 Å². The molecule has 0 aromatic rings. The SMILES string of the molecule is CCCCCCCCCOC(=O)CCCOCCOCCOCCCCCCC. The van der Waals surface area contributed by atoms with Crippen molar-refractivity contribution in [1.82, 2.24) is 0 Å². The predicted octanol–water partition coefficient (Wildman–Crippen LogP) is 6.08. The molecule has 0 aromatic heterocycles. The van der Waals surface area contributed by atoms with Crippen LogP contribution in [0.4, 0.5) is 0 Å². The highest BCUT2D eigenvalue weighted by Crippen LogP contribution is 2.07. The fourth-order valence-electron chi connectivity index (χ4n) is 2.99. The van der Waals surface area contributed by atoms with Crippen molar-refractivity contribution in [2.24, 2.45) is 0 Å². The quantitative estimate of drug-likeness (QED) is 0.141. The second kappa shape index (κ2) is 25.4. The standard InChI is InChI=1S/C24H48O5/c1-3-5-7-9-10-12-14-19-29-24(25)16-15-18-27-21-23-28-22-20-26-17-13-11-8-6-4-2/h3-23H2,1-2H3. The van der Waals surface area contributed by atoms with Crippen LogP contribution in [0.15, 0.2) is 0 Å². The Hall–Kier alpha value is -0.650. The first-order valence-electron chi connectivity index (χ1n) is 12.2. The maximum Gasteiger partial charge on any atom is 0.305 e.